The summed E-state index contributed by atoms with van der Waals surface area (Å²) in [5.41, 5.74) is 2.00. The molecule has 0 aliphatic carbocycles. The van der Waals surface area contributed by atoms with E-state index < -0.39 is 6.10 Å². The van der Waals surface area contributed by atoms with Gasteiger partial charge in [-0.2, -0.15) is 0 Å². The smallest absolute Gasteiger partial charge is 0.261 e. The van der Waals surface area contributed by atoms with Crippen LogP contribution >= 0.6 is 0 Å². The van der Waals surface area contributed by atoms with Crippen molar-refractivity contribution in [2.75, 3.05) is 0 Å². The molecule has 2 aromatic carbocycles. The van der Waals surface area contributed by atoms with Crippen molar-refractivity contribution in [3.05, 3.63) is 65.5 Å². The summed E-state index contributed by atoms with van der Waals surface area (Å²) in [5.74, 6) is 0.0977. The van der Waals surface area contributed by atoms with Crippen molar-refractivity contribution < 1.29 is 13.9 Å². The zero-order chi connectivity index (χ0) is 17.7. The van der Waals surface area contributed by atoms with Crippen molar-refractivity contribution in [3.8, 4) is 5.75 Å². The van der Waals surface area contributed by atoms with Crippen molar-refractivity contribution in [3.63, 3.8) is 0 Å². The van der Waals surface area contributed by atoms with Crippen LogP contribution in [0, 0.1) is 5.82 Å². The number of nitrogens with one attached hydrogen (secondary N) is 1. The van der Waals surface area contributed by atoms with Gasteiger partial charge in [0.25, 0.3) is 5.91 Å². The standard InChI is InChI=1S/C20H24FNO2/c1-14(19(23)22-13-15-6-5-7-17(21)12-15)24-18-10-8-16(9-11-18)20(2,3)4/h5-12,14H,13H2,1-4H3,(H,22,23). The molecule has 0 spiro atoms. The Morgan fingerprint density at radius 3 is 2.42 bits per heavy atom. The second-order valence-electron chi connectivity index (χ2n) is 6.88. The lowest BCUT2D eigenvalue weighted by atomic mass is 9.87. The molecule has 0 saturated heterocycles. The van der Waals surface area contributed by atoms with Crippen LogP contribution in [0.1, 0.15) is 38.8 Å². The van der Waals surface area contributed by atoms with Crippen LogP contribution in [0.2, 0.25) is 0 Å². The third-order valence-corrected chi connectivity index (χ3v) is 3.76. The van der Waals surface area contributed by atoms with Crippen molar-refractivity contribution in [1.82, 2.24) is 5.32 Å². The van der Waals surface area contributed by atoms with Crippen molar-refractivity contribution >= 4 is 5.91 Å². The van der Waals surface area contributed by atoms with Crippen molar-refractivity contribution in [2.24, 2.45) is 0 Å². The molecule has 0 aromatic heterocycles. The van der Waals surface area contributed by atoms with Crippen LogP contribution in [0.3, 0.4) is 0 Å². The van der Waals surface area contributed by atoms with E-state index in [2.05, 4.69) is 26.1 Å². The molecule has 4 heteroatoms. The second-order valence-corrected chi connectivity index (χ2v) is 6.88. The molecular formula is C20H24FNO2. The SMILES string of the molecule is CC(Oc1ccc(C(C)(C)C)cc1)C(=O)NCc1cccc(F)c1. The van der Waals surface area contributed by atoms with Crippen LogP contribution in [0.4, 0.5) is 4.39 Å². The Labute approximate surface area is 142 Å². The number of carbonyl (C=O) groups is 1. The maximum Gasteiger partial charge on any atom is 0.261 e. The molecule has 0 bridgehead atoms. The number of rotatable bonds is 5. The number of halogens is 1. The van der Waals surface area contributed by atoms with Gasteiger partial charge in [0.2, 0.25) is 0 Å². The minimum atomic E-state index is -0.626. The van der Waals surface area contributed by atoms with E-state index in [-0.39, 0.29) is 23.7 Å². The fourth-order valence-corrected chi connectivity index (χ4v) is 2.27. The van der Waals surface area contributed by atoms with E-state index in [9.17, 15) is 9.18 Å². The summed E-state index contributed by atoms with van der Waals surface area (Å²) in [6, 6.07) is 13.9. The quantitative estimate of drug-likeness (QED) is 0.892. The number of benzene rings is 2. The molecule has 0 aliphatic rings. The lowest BCUT2D eigenvalue weighted by molar-refractivity contribution is -0.127. The molecule has 1 N–H and O–H groups in total. The largest absolute Gasteiger partial charge is 0.481 e. The van der Waals surface area contributed by atoms with E-state index in [1.54, 1.807) is 19.1 Å². The molecule has 128 valence electrons. The van der Waals surface area contributed by atoms with Crippen LogP contribution in [-0.4, -0.2) is 12.0 Å². The average Bonchev–Trinajstić information content (AvgIpc) is 2.52. The first kappa shape index (κ1) is 18.0. The summed E-state index contributed by atoms with van der Waals surface area (Å²) in [6.07, 6.45) is -0.626. The lowest BCUT2D eigenvalue weighted by Gasteiger charge is -2.20. The molecule has 1 atom stereocenters. The fourth-order valence-electron chi connectivity index (χ4n) is 2.27. The van der Waals surface area contributed by atoms with Gasteiger partial charge in [0.1, 0.15) is 11.6 Å². The molecule has 1 amide bonds. The van der Waals surface area contributed by atoms with Gasteiger partial charge in [-0.15, -0.1) is 0 Å². The van der Waals surface area contributed by atoms with Gasteiger partial charge >= 0.3 is 0 Å². The molecular weight excluding hydrogens is 305 g/mol. The highest BCUT2D eigenvalue weighted by Crippen LogP contribution is 2.24. The van der Waals surface area contributed by atoms with E-state index in [4.69, 9.17) is 4.74 Å². The van der Waals surface area contributed by atoms with Gasteiger partial charge in [0, 0.05) is 6.54 Å². The number of hydrogen-bond donors (Lipinski definition) is 1. The third-order valence-electron chi connectivity index (χ3n) is 3.76. The van der Waals surface area contributed by atoms with Crippen LogP contribution in [0.15, 0.2) is 48.5 Å². The van der Waals surface area contributed by atoms with E-state index in [1.807, 2.05) is 24.3 Å². The Hall–Kier alpha value is -2.36. The molecule has 2 rings (SSSR count). The lowest BCUT2D eigenvalue weighted by Crippen LogP contribution is -2.35. The maximum atomic E-state index is 13.1. The van der Waals surface area contributed by atoms with Gasteiger partial charge in [-0.3, -0.25) is 4.79 Å². The topological polar surface area (TPSA) is 38.3 Å². The summed E-state index contributed by atoms with van der Waals surface area (Å²) >= 11 is 0. The molecule has 0 heterocycles. The monoisotopic (exact) mass is 329 g/mol. The number of ether oxygens (including phenoxy) is 1. The van der Waals surface area contributed by atoms with Crippen LogP contribution in [0.5, 0.6) is 5.75 Å². The predicted molar refractivity (Wildman–Crippen MR) is 93.5 cm³/mol. The van der Waals surface area contributed by atoms with Crippen LogP contribution < -0.4 is 10.1 Å². The van der Waals surface area contributed by atoms with E-state index in [0.717, 1.165) is 0 Å². The Morgan fingerprint density at radius 1 is 1.17 bits per heavy atom. The number of hydrogen-bond acceptors (Lipinski definition) is 2. The summed E-state index contributed by atoms with van der Waals surface area (Å²) < 4.78 is 18.8. The zero-order valence-electron chi connectivity index (χ0n) is 14.6. The van der Waals surface area contributed by atoms with Crippen LogP contribution in [0.25, 0.3) is 0 Å². The average molecular weight is 329 g/mol. The molecule has 24 heavy (non-hydrogen) atoms. The Kier molecular flexibility index (Phi) is 5.60. The van der Waals surface area contributed by atoms with Crippen molar-refractivity contribution in [2.45, 2.75) is 45.8 Å². The highest BCUT2D eigenvalue weighted by Gasteiger charge is 2.16. The minimum absolute atomic E-state index is 0.0759. The van der Waals surface area contributed by atoms with Gasteiger partial charge < -0.3 is 10.1 Å². The molecule has 0 aliphatic heterocycles. The Bertz CT molecular complexity index is 690. The van der Waals surface area contributed by atoms with Crippen LogP contribution in [-0.2, 0) is 16.8 Å². The van der Waals surface area contributed by atoms with E-state index in [1.165, 1.54) is 17.7 Å². The second kappa shape index (κ2) is 7.47. The summed E-state index contributed by atoms with van der Waals surface area (Å²) in [7, 11) is 0. The maximum absolute atomic E-state index is 13.1. The summed E-state index contributed by atoms with van der Waals surface area (Å²) in [5, 5.41) is 2.75. The fraction of sp³-hybridized carbons (Fsp3) is 0.350. The Morgan fingerprint density at radius 2 is 1.83 bits per heavy atom. The van der Waals surface area contributed by atoms with Crippen molar-refractivity contribution in [1.29, 1.82) is 0 Å². The van der Waals surface area contributed by atoms with E-state index >= 15 is 0 Å². The molecule has 2 aromatic rings. The van der Waals surface area contributed by atoms with Gasteiger partial charge in [-0.05, 0) is 47.7 Å². The summed E-state index contributed by atoms with van der Waals surface area (Å²) in [4.78, 5) is 12.1. The molecule has 0 fully saturated rings. The number of amides is 1. The Balaban J connectivity index is 1.89. The first-order chi connectivity index (χ1) is 11.3. The van der Waals surface area contributed by atoms with Gasteiger partial charge in [-0.25, -0.2) is 4.39 Å². The first-order valence-electron chi connectivity index (χ1n) is 8.05. The zero-order valence-corrected chi connectivity index (χ0v) is 14.6. The normalized spacial score (nSPS) is 12.5. The van der Waals surface area contributed by atoms with Gasteiger partial charge in [-0.1, -0.05) is 45.0 Å². The molecule has 3 nitrogen and oxygen atoms in total. The highest BCUT2D eigenvalue weighted by molar-refractivity contribution is 5.80. The van der Waals surface area contributed by atoms with Gasteiger partial charge in [0.15, 0.2) is 6.10 Å². The molecule has 0 saturated carbocycles. The first-order valence-corrected chi connectivity index (χ1v) is 8.05. The molecule has 1 unspecified atom stereocenters. The van der Waals surface area contributed by atoms with Gasteiger partial charge in [0.05, 0.1) is 0 Å². The number of carbonyl (C=O) groups excluding carboxylic acids is 1. The predicted octanol–water partition coefficient (Wildman–Crippen LogP) is 4.21. The van der Waals surface area contributed by atoms with E-state index in [0.29, 0.717) is 11.3 Å². The third kappa shape index (κ3) is 5.08. The highest BCUT2D eigenvalue weighted by atomic mass is 19.1. The molecule has 0 radical (unpaired) electrons. The summed E-state index contributed by atoms with van der Waals surface area (Å²) in [6.45, 7) is 8.40. The minimum Gasteiger partial charge on any atom is -0.481 e.